The summed E-state index contributed by atoms with van der Waals surface area (Å²) in [6.07, 6.45) is 4.61. The third kappa shape index (κ3) is 4.11. The van der Waals surface area contributed by atoms with Gasteiger partial charge in [-0.1, -0.05) is 44.2 Å². The fraction of sp³-hybridized carbons (Fsp3) is 0.227. The maximum absolute atomic E-state index is 4.50. The zero-order valence-electron chi connectivity index (χ0n) is 16.1. The Morgan fingerprint density at radius 1 is 1.04 bits per heavy atom. The summed E-state index contributed by atoms with van der Waals surface area (Å²) in [7, 11) is 0. The molecule has 0 fully saturated rings. The highest BCUT2D eigenvalue weighted by molar-refractivity contribution is 5.83. The Labute approximate surface area is 164 Å². The molecule has 0 saturated carbocycles. The summed E-state index contributed by atoms with van der Waals surface area (Å²) in [5.74, 6) is 1.70. The van der Waals surface area contributed by atoms with Crippen LogP contribution >= 0.6 is 0 Å². The monoisotopic (exact) mass is 372 g/mol. The van der Waals surface area contributed by atoms with Gasteiger partial charge in [-0.25, -0.2) is 0 Å². The van der Waals surface area contributed by atoms with Gasteiger partial charge in [-0.05, 0) is 41.7 Å². The van der Waals surface area contributed by atoms with E-state index in [0.29, 0.717) is 17.7 Å². The molecule has 0 saturated heterocycles. The van der Waals surface area contributed by atoms with Crippen molar-refractivity contribution < 1.29 is 0 Å². The molecule has 2 aromatic carbocycles. The number of aromatic nitrogens is 4. The Kier molecular flexibility index (Phi) is 5.19. The van der Waals surface area contributed by atoms with Crippen molar-refractivity contribution in [3.8, 4) is 0 Å². The molecule has 0 bridgehead atoms. The van der Waals surface area contributed by atoms with E-state index >= 15 is 0 Å². The van der Waals surface area contributed by atoms with Crippen LogP contribution in [-0.4, -0.2) is 26.7 Å². The van der Waals surface area contributed by atoms with Gasteiger partial charge in [0.1, 0.15) is 0 Å². The van der Waals surface area contributed by atoms with E-state index in [2.05, 4.69) is 81.2 Å². The SMILES string of the molecule is CC(C)c1ccc(Nc2nncc(NCCc3c[nH]c4ccccc34)n2)cc1. The largest absolute Gasteiger partial charge is 0.368 e. The molecule has 3 N–H and O–H groups in total. The molecular formula is C22H24N6. The molecule has 0 radical (unpaired) electrons. The molecule has 0 atom stereocenters. The second-order valence-electron chi connectivity index (χ2n) is 7.10. The summed E-state index contributed by atoms with van der Waals surface area (Å²) in [6.45, 7) is 5.13. The maximum Gasteiger partial charge on any atom is 0.249 e. The van der Waals surface area contributed by atoms with Crippen LogP contribution in [0.3, 0.4) is 0 Å². The highest BCUT2D eigenvalue weighted by atomic mass is 15.3. The second kappa shape index (κ2) is 8.08. The first-order valence-electron chi connectivity index (χ1n) is 9.54. The molecule has 0 aliphatic carbocycles. The van der Waals surface area contributed by atoms with Gasteiger partial charge in [0.15, 0.2) is 5.82 Å². The van der Waals surface area contributed by atoms with Crippen LogP contribution in [0.1, 0.15) is 30.9 Å². The van der Waals surface area contributed by atoms with Crippen molar-refractivity contribution in [1.29, 1.82) is 0 Å². The first-order valence-corrected chi connectivity index (χ1v) is 9.54. The first kappa shape index (κ1) is 18.0. The minimum Gasteiger partial charge on any atom is -0.368 e. The van der Waals surface area contributed by atoms with Gasteiger partial charge >= 0.3 is 0 Å². The average Bonchev–Trinajstić information content (AvgIpc) is 3.12. The molecular weight excluding hydrogens is 348 g/mol. The molecule has 28 heavy (non-hydrogen) atoms. The topological polar surface area (TPSA) is 78.5 Å². The first-order chi connectivity index (χ1) is 13.7. The molecule has 142 valence electrons. The lowest BCUT2D eigenvalue weighted by Crippen LogP contribution is -2.08. The van der Waals surface area contributed by atoms with Crippen LogP contribution in [0.5, 0.6) is 0 Å². The smallest absolute Gasteiger partial charge is 0.249 e. The number of fused-ring (bicyclic) bond motifs is 1. The summed E-state index contributed by atoms with van der Waals surface area (Å²) in [4.78, 5) is 7.81. The van der Waals surface area contributed by atoms with Crippen LogP contribution in [-0.2, 0) is 6.42 Å². The van der Waals surface area contributed by atoms with E-state index in [0.717, 1.165) is 24.2 Å². The summed E-state index contributed by atoms with van der Waals surface area (Å²) < 4.78 is 0. The van der Waals surface area contributed by atoms with Crippen molar-refractivity contribution in [3.05, 3.63) is 72.1 Å². The van der Waals surface area contributed by atoms with E-state index in [4.69, 9.17) is 0 Å². The van der Waals surface area contributed by atoms with Crippen LogP contribution in [0.4, 0.5) is 17.5 Å². The van der Waals surface area contributed by atoms with Crippen molar-refractivity contribution in [3.63, 3.8) is 0 Å². The Morgan fingerprint density at radius 2 is 1.86 bits per heavy atom. The zero-order chi connectivity index (χ0) is 19.3. The molecule has 6 nitrogen and oxygen atoms in total. The molecule has 0 unspecified atom stereocenters. The molecule has 6 heteroatoms. The second-order valence-corrected chi connectivity index (χ2v) is 7.10. The van der Waals surface area contributed by atoms with Gasteiger partial charge in [0.05, 0.1) is 6.20 Å². The van der Waals surface area contributed by atoms with Crippen LogP contribution in [0.2, 0.25) is 0 Å². The minimum atomic E-state index is 0.481. The summed E-state index contributed by atoms with van der Waals surface area (Å²) in [6, 6.07) is 16.6. The van der Waals surface area contributed by atoms with Crippen LogP contribution in [0.15, 0.2) is 60.9 Å². The standard InChI is InChI=1S/C22H24N6/c1-15(2)16-7-9-18(10-8-16)26-22-27-21(14-25-28-22)23-12-11-17-13-24-20-6-4-3-5-19(17)20/h3-10,13-15,24H,11-12H2,1-2H3,(H2,23,26,27,28). The fourth-order valence-corrected chi connectivity index (χ4v) is 3.19. The summed E-state index contributed by atoms with van der Waals surface area (Å²) in [5.41, 5.74) is 4.70. The van der Waals surface area contributed by atoms with Gasteiger partial charge in [-0.3, -0.25) is 0 Å². The van der Waals surface area contributed by atoms with E-state index in [-0.39, 0.29) is 0 Å². The lowest BCUT2D eigenvalue weighted by Gasteiger charge is -2.09. The van der Waals surface area contributed by atoms with E-state index in [1.807, 2.05) is 18.2 Å². The Bertz CT molecular complexity index is 1050. The highest BCUT2D eigenvalue weighted by Crippen LogP contribution is 2.20. The van der Waals surface area contributed by atoms with Crippen LogP contribution in [0.25, 0.3) is 10.9 Å². The Hall–Kier alpha value is -3.41. The third-order valence-electron chi connectivity index (χ3n) is 4.77. The van der Waals surface area contributed by atoms with Gasteiger partial charge in [-0.2, -0.15) is 10.1 Å². The molecule has 0 aliphatic rings. The maximum atomic E-state index is 4.50. The molecule has 4 aromatic rings. The number of anilines is 3. The van der Waals surface area contributed by atoms with Crippen LogP contribution < -0.4 is 10.6 Å². The Morgan fingerprint density at radius 3 is 2.68 bits per heavy atom. The molecule has 2 heterocycles. The van der Waals surface area contributed by atoms with Crippen molar-refractivity contribution in [2.24, 2.45) is 0 Å². The fourth-order valence-electron chi connectivity index (χ4n) is 3.19. The number of H-pyrrole nitrogens is 1. The quantitative estimate of drug-likeness (QED) is 0.431. The number of hydrogen-bond acceptors (Lipinski definition) is 5. The highest BCUT2D eigenvalue weighted by Gasteiger charge is 2.05. The lowest BCUT2D eigenvalue weighted by molar-refractivity contribution is 0.867. The summed E-state index contributed by atoms with van der Waals surface area (Å²) in [5, 5.41) is 15.9. The van der Waals surface area contributed by atoms with E-state index < -0.39 is 0 Å². The molecule has 0 amide bonds. The van der Waals surface area contributed by atoms with E-state index in [9.17, 15) is 0 Å². The average molecular weight is 372 g/mol. The van der Waals surface area contributed by atoms with Crippen molar-refractivity contribution in [1.82, 2.24) is 20.2 Å². The van der Waals surface area contributed by atoms with Gasteiger partial charge < -0.3 is 15.6 Å². The number of aromatic amines is 1. The number of rotatable bonds is 7. The van der Waals surface area contributed by atoms with Gasteiger partial charge in [0, 0.05) is 29.3 Å². The number of hydrogen-bond donors (Lipinski definition) is 3. The predicted molar refractivity (Wildman–Crippen MR) is 114 cm³/mol. The lowest BCUT2D eigenvalue weighted by atomic mass is 10.0. The zero-order valence-corrected chi connectivity index (χ0v) is 16.1. The van der Waals surface area contributed by atoms with E-state index in [1.165, 1.54) is 16.5 Å². The molecule has 0 spiro atoms. The van der Waals surface area contributed by atoms with Gasteiger partial charge in [0.2, 0.25) is 5.95 Å². The molecule has 0 aliphatic heterocycles. The Balaban J connectivity index is 1.37. The van der Waals surface area contributed by atoms with Gasteiger partial charge in [-0.15, -0.1) is 5.10 Å². The predicted octanol–water partition coefficient (Wildman–Crippen LogP) is 4.87. The molecule has 4 rings (SSSR count). The van der Waals surface area contributed by atoms with E-state index in [1.54, 1.807) is 6.20 Å². The van der Waals surface area contributed by atoms with Crippen molar-refractivity contribution in [2.45, 2.75) is 26.2 Å². The molecule has 2 aromatic heterocycles. The number of benzene rings is 2. The summed E-state index contributed by atoms with van der Waals surface area (Å²) >= 11 is 0. The third-order valence-corrected chi connectivity index (χ3v) is 4.77. The number of nitrogens with zero attached hydrogens (tertiary/aromatic N) is 3. The van der Waals surface area contributed by atoms with Gasteiger partial charge in [0.25, 0.3) is 0 Å². The minimum absolute atomic E-state index is 0.481. The van der Waals surface area contributed by atoms with Crippen molar-refractivity contribution >= 4 is 28.4 Å². The normalized spacial score (nSPS) is 11.1. The van der Waals surface area contributed by atoms with Crippen molar-refractivity contribution in [2.75, 3.05) is 17.2 Å². The number of para-hydroxylation sites is 1. The van der Waals surface area contributed by atoms with Crippen LogP contribution in [0, 0.1) is 0 Å². The number of nitrogens with one attached hydrogen (secondary N) is 3.